The number of nitrogens with zero attached hydrogens (tertiary/aromatic N) is 15. The molecule has 1 amide bonds. The Kier molecular flexibility index (Phi) is 40.5. The minimum atomic E-state index is -1.19. The highest BCUT2D eigenvalue weighted by Crippen LogP contribution is 2.37. The van der Waals surface area contributed by atoms with E-state index in [1.807, 2.05) is 60.0 Å². The van der Waals surface area contributed by atoms with Crippen LogP contribution in [0.4, 0.5) is 0 Å². The Hall–Kier alpha value is -10.5. The van der Waals surface area contributed by atoms with Crippen molar-refractivity contribution in [3.8, 4) is 57.1 Å². The van der Waals surface area contributed by atoms with Gasteiger partial charge in [-0.1, -0.05) is 186 Å². The van der Waals surface area contributed by atoms with Gasteiger partial charge < -0.3 is 46.6 Å². The quantitative estimate of drug-likeness (QED) is 0.00878. The standard InChI is InChI=1S/C21H18Cl2N6O3S.C19H14Cl2N6O3S.C11H6Cl2N6O2S.C9H8Cl2N2OS.C8H5Cl2N3S.C7H3Cl3O.CH5N3S/c1-3-32-20(30)17-19(29(28-25-17)11-12-4-7-14(31-2)8-5-12)33-21-24-18(26-27-21)13-6-9-15(22)16(23)10-13;1-30-12-5-2-10(3-6-12)9-27-17(15(18(28)29)23-26-27)31-19-22-16(24-25-19)11-4-7-13(20)14(21)8-11;12-5-2-1-4(3-6(5)13)8-14-11(18-16-8)22-9-7(10(20)21)15-19-17-9;10-6-2-1-5(3-7(6)11)9(14)13-4-8(12)15;9-5-2-1-4(3-6(5)10)7-11-8(14)13-12-7;8-5-2-1-4(7(10)11)3-6(5)9;2-1(5)4-3/h4-10H,3,11H2,1-2H3,(H,24,26,27);2-8H,9H2,1H3,(H,28,29)(H,22,24,25);1-3H,(H,20,21)(H,14,16,18)(H,15,17,19);1-3H,4H2,(H2,12,15)(H,13,14);1-3H,(H2,11,12,13,14);1-3H;3H2,(H3,2,4,5). The van der Waals surface area contributed by atoms with Crippen molar-refractivity contribution in [1.29, 1.82) is 0 Å². The fourth-order valence-corrected chi connectivity index (χ4v) is 14.2. The number of benzene rings is 8. The van der Waals surface area contributed by atoms with Crippen LogP contribution in [0, 0.1) is 4.77 Å². The van der Waals surface area contributed by atoms with Gasteiger partial charge in [0.2, 0.25) is 37.3 Å². The number of nitrogens with two attached hydrogens (primary N) is 3. The smallest absolute Gasteiger partial charge is 0.361 e. The summed E-state index contributed by atoms with van der Waals surface area (Å²) in [7, 11) is 3.19. The van der Waals surface area contributed by atoms with E-state index >= 15 is 0 Å². The molecule has 7 aromatic heterocycles. The topological polar surface area (TPSA) is 528 Å². The second-order valence-electron chi connectivity index (χ2n) is 24.7. The summed E-state index contributed by atoms with van der Waals surface area (Å²) in [5.74, 6) is 4.98. The molecule has 0 aliphatic carbocycles. The molecule has 7 heterocycles. The lowest BCUT2D eigenvalue weighted by molar-refractivity contribution is 0.0513. The molecule has 0 unspecified atom stereocenters. The van der Waals surface area contributed by atoms with Crippen LogP contribution in [-0.2, 0) is 17.8 Å². The number of aromatic amines is 6. The number of carboxylic acids is 2. The first-order valence-electron chi connectivity index (χ1n) is 35.9. The molecular formula is C76H59Cl13N26O10S6. The number of hydrogen-bond donors (Lipinski definition) is 13. The van der Waals surface area contributed by atoms with Gasteiger partial charge in [0.1, 0.15) is 21.6 Å². The lowest BCUT2D eigenvalue weighted by Crippen LogP contribution is -2.34. The largest absolute Gasteiger partial charge is 0.497 e. The maximum absolute atomic E-state index is 12.5. The number of carbonyl (C=O) groups is 5. The molecule has 0 bridgehead atoms. The minimum absolute atomic E-state index is 0.0937. The van der Waals surface area contributed by atoms with E-state index in [2.05, 4.69) is 132 Å². The van der Waals surface area contributed by atoms with Crippen LogP contribution in [0.25, 0.3) is 45.6 Å². The predicted octanol–water partition coefficient (Wildman–Crippen LogP) is 19.3. The first-order chi connectivity index (χ1) is 62.5. The number of methoxy groups -OCH3 is 2. The zero-order valence-corrected chi connectivity index (χ0v) is 81.0. The number of amides is 1. The van der Waals surface area contributed by atoms with Gasteiger partial charge in [0.25, 0.3) is 11.1 Å². The van der Waals surface area contributed by atoms with Crippen molar-refractivity contribution >= 4 is 262 Å². The summed E-state index contributed by atoms with van der Waals surface area (Å²) in [6.07, 6.45) is 0. The molecule has 0 aliphatic heterocycles. The molecule has 36 nitrogen and oxygen atoms in total. The molecule has 131 heavy (non-hydrogen) atoms. The Bertz CT molecular complexity index is 6630. The Balaban J connectivity index is 0.000000182. The number of esters is 1. The first kappa shape index (κ1) is 104. The Morgan fingerprint density at radius 3 is 1.20 bits per heavy atom. The van der Waals surface area contributed by atoms with E-state index in [4.69, 9.17) is 194 Å². The summed E-state index contributed by atoms with van der Waals surface area (Å²) in [6, 6.07) is 44.5. The highest BCUT2D eigenvalue weighted by molar-refractivity contribution is 7.99. The molecule has 0 fully saturated rings. The van der Waals surface area contributed by atoms with Crippen LogP contribution in [0.3, 0.4) is 0 Å². The van der Waals surface area contributed by atoms with Crippen LogP contribution in [-0.4, -0.2) is 183 Å². The number of nitrogens with one attached hydrogen (secondary N) is 8. The van der Waals surface area contributed by atoms with Crippen LogP contribution in [0.15, 0.2) is 188 Å². The third-order valence-electron chi connectivity index (χ3n) is 15.9. The average Bonchev–Trinajstić information content (AvgIpc) is 1.66. The van der Waals surface area contributed by atoms with Gasteiger partial charge in [0.05, 0.1) is 106 Å². The summed E-state index contributed by atoms with van der Waals surface area (Å²) in [6.45, 7) is 2.80. The second kappa shape index (κ2) is 50.9. The fourth-order valence-electron chi connectivity index (χ4n) is 9.75. The van der Waals surface area contributed by atoms with Crippen molar-refractivity contribution in [2.24, 2.45) is 17.3 Å². The van der Waals surface area contributed by atoms with Crippen LogP contribution in [0.1, 0.15) is 70.2 Å². The van der Waals surface area contributed by atoms with Gasteiger partial charge >= 0.3 is 17.9 Å². The molecule has 0 radical (unpaired) electrons. The molecule has 0 atom stereocenters. The Morgan fingerprint density at radius 1 is 0.466 bits per heavy atom. The van der Waals surface area contributed by atoms with Crippen LogP contribution >= 0.6 is 223 Å². The molecule has 8 aromatic carbocycles. The molecule has 16 N–H and O–H groups in total. The van der Waals surface area contributed by atoms with Crippen molar-refractivity contribution < 1.29 is 48.4 Å². The van der Waals surface area contributed by atoms with Gasteiger partial charge in [-0.3, -0.25) is 35.1 Å². The fraction of sp³-hybridized carbons (Fsp3) is 0.0921. The average molecular weight is 2150 g/mol. The van der Waals surface area contributed by atoms with Gasteiger partial charge in [0.15, 0.2) is 33.4 Å². The summed E-state index contributed by atoms with van der Waals surface area (Å²) in [4.78, 5) is 74.5. The molecule has 15 aromatic rings. The normalized spacial score (nSPS) is 10.5. The number of H-pyrrole nitrogens is 6. The van der Waals surface area contributed by atoms with E-state index in [0.29, 0.717) is 149 Å². The first-order valence-corrected chi connectivity index (χ1v) is 44.5. The molecule has 680 valence electrons. The van der Waals surface area contributed by atoms with E-state index in [1.54, 1.807) is 105 Å². The predicted molar refractivity (Wildman–Crippen MR) is 514 cm³/mol. The molecule has 0 saturated heterocycles. The number of carbonyl (C=O) groups excluding carboxylic acids is 3. The number of aromatic nitrogens is 21. The number of aromatic carboxylic acids is 2. The van der Waals surface area contributed by atoms with Crippen LogP contribution in [0.2, 0.25) is 60.3 Å². The van der Waals surface area contributed by atoms with E-state index in [9.17, 15) is 29.1 Å². The van der Waals surface area contributed by atoms with Crippen molar-refractivity contribution in [1.82, 2.24) is 117 Å². The summed E-state index contributed by atoms with van der Waals surface area (Å²) < 4.78 is 19.0. The second-order valence-corrected chi connectivity index (χ2v) is 34.2. The van der Waals surface area contributed by atoms with E-state index < -0.39 is 23.2 Å². The number of rotatable bonds is 24. The van der Waals surface area contributed by atoms with Crippen molar-refractivity contribution in [3.05, 3.63) is 262 Å². The zero-order chi connectivity index (χ0) is 95.3. The SMILES string of the molecule is CCOC(=O)c1nnn(Cc2ccc(OC)cc2)c1Sc1n[nH]c(-c2ccc(Cl)c(Cl)c2)n1.COc1ccc(Cn2nnc(C(=O)O)c2Sc2n[nH]c(-c3ccc(Cl)c(Cl)c3)n2)cc1.NC(=S)CNC(=O)c1ccc(Cl)c(Cl)c1.NNC(N)=S.O=C(Cl)c1ccc(Cl)c(Cl)c1.O=C(O)c1n[nH]nc1Sc1n[nH]c(-c2ccc(Cl)c(Cl)c2)n1.S=c1nc(-c2ccc(Cl)c(Cl)c2)[nH][nH]1. The van der Waals surface area contributed by atoms with Crippen LogP contribution in [0.5, 0.6) is 11.5 Å². The summed E-state index contributed by atoms with van der Waals surface area (Å²) in [5.41, 5.74) is 17.4. The van der Waals surface area contributed by atoms with Crippen LogP contribution < -0.4 is 37.5 Å². The number of ether oxygens (including phenoxy) is 3. The number of thiocarbonyl (C=S) groups is 2. The van der Waals surface area contributed by atoms with Gasteiger partial charge in [-0.2, -0.15) is 10.2 Å². The van der Waals surface area contributed by atoms with Crippen molar-refractivity contribution in [2.45, 2.75) is 50.6 Å². The Labute approximate surface area is 833 Å². The number of carboxylic acid groups (broad SMARTS) is 2. The van der Waals surface area contributed by atoms with Crippen molar-refractivity contribution in [3.63, 3.8) is 0 Å². The van der Waals surface area contributed by atoms with Gasteiger partial charge in [-0.25, -0.2) is 44.5 Å². The highest BCUT2D eigenvalue weighted by Gasteiger charge is 2.27. The molecule has 55 heteroatoms. The van der Waals surface area contributed by atoms with Crippen molar-refractivity contribution in [2.75, 3.05) is 27.4 Å². The van der Waals surface area contributed by atoms with E-state index in [1.165, 1.54) is 28.9 Å². The zero-order valence-electron chi connectivity index (χ0n) is 66.3. The van der Waals surface area contributed by atoms with Gasteiger partial charge in [-0.15, -0.1) is 35.7 Å². The maximum Gasteiger partial charge on any atom is 0.361 e. The lowest BCUT2D eigenvalue weighted by Gasteiger charge is -2.07. The summed E-state index contributed by atoms with van der Waals surface area (Å²) >= 11 is 92.3. The molecule has 0 saturated carbocycles. The monoisotopic (exact) mass is 2140 g/mol. The third kappa shape index (κ3) is 31.3. The minimum Gasteiger partial charge on any atom is -0.497 e. The third-order valence-corrected chi connectivity index (χ3v) is 23.8. The lowest BCUT2D eigenvalue weighted by atomic mass is 10.2. The van der Waals surface area contributed by atoms with E-state index in [0.717, 1.165) is 69.0 Å². The van der Waals surface area contributed by atoms with Gasteiger partial charge in [0, 0.05) is 33.4 Å². The molecule has 15 rings (SSSR count). The molecular weight excluding hydrogens is 2090 g/mol. The highest BCUT2D eigenvalue weighted by atomic mass is 35.5. The van der Waals surface area contributed by atoms with E-state index in [-0.39, 0.29) is 51.3 Å². The number of halogens is 13. The number of hydrogen-bond acceptors (Lipinski definition) is 28. The maximum atomic E-state index is 12.5. The van der Waals surface area contributed by atoms with Gasteiger partial charge in [-0.05, 0) is 223 Å². The molecule has 0 aliphatic rings. The summed E-state index contributed by atoms with van der Waals surface area (Å²) in [5, 5.41) is 79.4. The Morgan fingerprint density at radius 2 is 0.840 bits per heavy atom. The molecule has 0 spiro atoms. The number of hydrazine groups is 1.